The fourth-order valence-corrected chi connectivity index (χ4v) is 3.99. The molecule has 0 amide bonds. The maximum Gasteiger partial charge on any atom is 0.137 e. The number of aromatic nitrogens is 5. The molecule has 0 spiro atoms. The Kier molecular flexibility index (Phi) is 4.97. The molecular formula is C24H23N5O. The first kappa shape index (κ1) is 18.5. The average molecular weight is 397 g/mol. The third-order valence-electron chi connectivity index (χ3n) is 5.37. The number of rotatable bonds is 7. The number of benzene rings is 1. The smallest absolute Gasteiger partial charge is 0.137 e. The van der Waals surface area contributed by atoms with Gasteiger partial charge in [-0.05, 0) is 37.5 Å². The molecule has 0 saturated heterocycles. The fourth-order valence-electron chi connectivity index (χ4n) is 3.99. The van der Waals surface area contributed by atoms with Crippen LogP contribution in [0.25, 0.3) is 33.1 Å². The van der Waals surface area contributed by atoms with E-state index in [1.807, 2.05) is 30.5 Å². The Morgan fingerprint density at radius 2 is 1.93 bits per heavy atom. The number of hydrogen-bond donors (Lipinski definition) is 0. The van der Waals surface area contributed by atoms with E-state index in [-0.39, 0.29) is 0 Å². The van der Waals surface area contributed by atoms with Gasteiger partial charge in [-0.25, -0.2) is 0 Å². The van der Waals surface area contributed by atoms with E-state index >= 15 is 0 Å². The second-order valence-electron chi connectivity index (χ2n) is 7.48. The van der Waals surface area contributed by atoms with Gasteiger partial charge in [-0.1, -0.05) is 30.3 Å². The van der Waals surface area contributed by atoms with Gasteiger partial charge in [-0.2, -0.15) is 5.10 Å². The zero-order chi connectivity index (χ0) is 20.3. The lowest BCUT2D eigenvalue weighted by molar-refractivity contribution is 0.382. The lowest BCUT2D eigenvalue weighted by Crippen LogP contribution is -2.05. The Morgan fingerprint density at radius 3 is 2.80 bits per heavy atom. The molecule has 0 aliphatic heterocycles. The van der Waals surface area contributed by atoms with Crippen molar-refractivity contribution in [2.45, 2.75) is 39.2 Å². The maximum atomic E-state index is 5.56. The van der Waals surface area contributed by atoms with Crippen molar-refractivity contribution in [2.24, 2.45) is 0 Å². The molecule has 0 aliphatic rings. The first-order chi connectivity index (χ1) is 14.8. The highest BCUT2D eigenvalue weighted by Gasteiger charge is 2.15. The zero-order valence-electron chi connectivity index (χ0n) is 17.0. The third-order valence-corrected chi connectivity index (χ3v) is 5.37. The number of aryl methyl sites for hydroxylation is 3. The summed E-state index contributed by atoms with van der Waals surface area (Å²) in [7, 11) is 0. The number of fused-ring (bicyclic) bond motifs is 3. The Bertz CT molecular complexity index is 1290. The van der Waals surface area contributed by atoms with Crippen LogP contribution in [-0.4, -0.2) is 24.9 Å². The molecule has 4 heterocycles. The largest absolute Gasteiger partial charge is 0.361 e. The SMILES string of the molecule is CCCn1nc2cnc3ccccc3c2c1CCCc1cc(-c2cccnc2)no1. The van der Waals surface area contributed by atoms with Gasteiger partial charge in [0, 0.05) is 53.5 Å². The predicted octanol–water partition coefficient (Wildman–Crippen LogP) is 5.22. The molecule has 4 aromatic heterocycles. The third kappa shape index (κ3) is 3.45. The number of nitrogens with zero attached hydrogens (tertiary/aromatic N) is 5. The van der Waals surface area contributed by atoms with Gasteiger partial charge >= 0.3 is 0 Å². The van der Waals surface area contributed by atoms with Crippen LogP contribution in [0.1, 0.15) is 31.2 Å². The number of pyridine rings is 2. The summed E-state index contributed by atoms with van der Waals surface area (Å²) in [5.41, 5.74) is 5.06. The van der Waals surface area contributed by atoms with E-state index in [4.69, 9.17) is 9.62 Å². The van der Waals surface area contributed by atoms with E-state index in [9.17, 15) is 0 Å². The van der Waals surface area contributed by atoms with E-state index in [2.05, 4.69) is 44.9 Å². The summed E-state index contributed by atoms with van der Waals surface area (Å²) in [5.74, 6) is 0.895. The average Bonchev–Trinajstić information content (AvgIpc) is 3.40. The topological polar surface area (TPSA) is 69.6 Å². The Hall–Kier alpha value is -3.54. The van der Waals surface area contributed by atoms with Gasteiger partial charge in [0.1, 0.15) is 17.0 Å². The van der Waals surface area contributed by atoms with Crippen molar-refractivity contribution < 1.29 is 4.52 Å². The second-order valence-corrected chi connectivity index (χ2v) is 7.48. The Balaban J connectivity index is 1.40. The van der Waals surface area contributed by atoms with E-state index in [1.165, 1.54) is 16.5 Å². The molecule has 6 nitrogen and oxygen atoms in total. The van der Waals surface area contributed by atoms with Crippen LogP contribution in [-0.2, 0) is 19.4 Å². The van der Waals surface area contributed by atoms with Crippen molar-refractivity contribution in [1.82, 2.24) is 24.9 Å². The number of para-hydroxylation sites is 1. The van der Waals surface area contributed by atoms with Gasteiger partial charge in [0.25, 0.3) is 0 Å². The van der Waals surface area contributed by atoms with Gasteiger partial charge in [-0.15, -0.1) is 0 Å². The minimum absolute atomic E-state index is 0.828. The molecular weight excluding hydrogens is 374 g/mol. The molecule has 0 radical (unpaired) electrons. The maximum absolute atomic E-state index is 5.56. The van der Waals surface area contributed by atoms with Crippen molar-refractivity contribution in [1.29, 1.82) is 0 Å². The van der Waals surface area contributed by atoms with Gasteiger partial charge in [-0.3, -0.25) is 14.6 Å². The highest BCUT2D eigenvalue weighted by molar-refractivity contribution is 6.05. The van der Waals surface area contributed by atoms with Crippen molar-refractivity contribution in [3.8, 4) is 11.3 Å². The van der Waals surface area contributed by atoms with Crippen LogP contribution in [0, 0.1) is 0 Å². The van der Waals surface area contributed by atoms with Crippen LogP contribution >= 0.6 is 0 Å². The molecule has 0 unspecified atom stereocenters. The highest BCUT2D eigenvalue weighted by Crippen LogP contribution is 2.28. The fraction of sp³-hybridized carbons (Fsp3) is 0.250. The molecule has 0 bridgehead atoms. The van der Waals surface area contributed by atoms with E-state index in [1.54, 1.807) is 12.4 Å². The molecule has 5 aromatic rings. The van der Waals surface area contributed by atoms with Crippen molar-refractivity contribution in [2.75, 3.05) is 0 Å². The van der Waals surface area contributed by atoms with Gasteiger partial charge < -0.3 is 4.52 Å². The molecule has 0 N–H and O–H groups in total. The lowest BCUT2D eigenvalue weighted by Gasteiger charge is -2.07. The van der Waals surface area contributed by atoms with E-state index in [0.29, 0.717) is 0 Å². The van der Waals surface area contributed by atoms with Crippen LogP contribution in [0.5, 0.6) is 0 Å². The minimum atomic E-state index is 0.828. The van der Waals surface area contributed by atoms with E-state index < -0.39 is 0 Å². The first-order valence-corrected chi connectivity index (χ1v) is 10.4. The molecule has 1 aromatic carbocycles. The van der Waals surface area contributed by atoms with Crippen LogP contribution < -0.4 is 0 Å². The normalized spacial score (nSPS) is 11.5. The molecule has 6 heteroatoms. The Morgan fingerprint density at radius 1 is 1.00 bits per heavy atom. The summed E-state index contributed by atoms with van der Waals surface area (Å²) >= 11 is 0. The van der Waals surface area contributed by atoms with Crippen LogP contribution in [0.3, 0.4) is 0 Å². The van der Waals surface area contributed by atoms with Gasteiger partial charge in [0.15, 0.2) is 0 Å². The van der Waals surface area contributed by atoms with Crippen molar-refractivity contribution >= 4 is 21.8 Å². The summed E-state index contributed by atoms with van der Waals surface area (Å²) < 4.78 is 7.72. The zero-order valence-corrected chi connectivity index (χ0v) is 17.0. The van der Waals surface area contributed by atoms with Crippen LogP contribution in [0.15, 0.2) is 65.6 Å². The summed E-state index contributed by atoms with van der Waals surface area (Å²) in [6, 6.07) is 14.2. The molecule has 0 fully saturated rings. The summed E-state index contributed by atoms with van der Waals surface area (Å²) in [6.45, 7) is 3.09. The van der Waals surface area contributed by atoms with Crippen molar-refractivity contribution in [3.63, 3.8) is 0 Å². The van der Waals surface area contributed by atoms with Crippen molar-refractivity contribution in [3.05, 3.63) is 72.5 Å². The first-order valence-electron chi connectivity index (χ1n) is 10.4. The Labute approximate surface area is 174 Å². The standard InChI is InChI=1S/C24H23N5O/c1-2-13-29-23(24-19-9-3-4-10-20(19)26-16-22(24)27-29)11-5-8-18-14-21(28-30-18)17-7-6-12-25-15-17/h3-4,6-7,9-10,12,14-16H,2,5,8,11,13H2,1H3. The van der Waals surface area contributed by atoms with Crippen LogP contribution in [0.2, 0.25) is 0 Å². The molecule has 0 atom stereocenters. The summed E-state index contributed by atoms with van der Waals surface area (Å²) in [4.78, 5) is 8.73. The molecule has 0 aliphatic carbocycles. The second kappa shape index (κ2) is 8.06. The molecule has 30 heavy (non-hydrogen) atoms. The molecule has 0 saturated carbocycles. The molecule has 5 rings (SSSR count). The highest BCUT2D eigenvalue weighted by atomic mass is 16.5. The summed E-state index contributed by atoms with van der Waals surface area (Å²) in [5, 5.41) is 11.4. The van der Waals surface area contributed by atoms with E-state index in [0.717, 1.165) is 60.3 Å². The summed E-state index contributed by atoms with van der Waals surface area (Å²) in [6.07, 6.45) is 9.21. The molecule has 150 valence electrons. The minimum Gasteiger partial charge on any atom is -0.361 e. The van der Waals surface area contributed by atoms with Gasteiger partial charge in [0.2, 0.25) is 0 Å². The number of hydrogen-bond acceptors (Lipinski definition) is 5. The monoisotopic (exact) mass is 397 g/mol. The van der Waals surface area contributed by atoms with Gasteiger partial charge in [0.05, 0.1) is 11.7 Å². The lowest BCUT2D eigenvalue weighted by atomic mass is 10.0. The quantitative estimate of drug-likeness (QED) is 0.377. The van der Waals surface area contributed by atoms with Crippen LogP contribution in [0.4, 0.5) is 0 Å². The predicted molar refractivity (Wildman–Crippen MR) is 117 cm³/mol.